The fraction of sp³-hybridized carbons (Fsp3) is 0.364. The summed E-state index contributed by atoms with van der Waals surface area (Å²) in [7, 11) is 1.40. The number of methoxy groups -OCH3 is 1. The van der Waals surface area contributed by atoms with Crippen LogP contribution in [-0.4, -0.2) is 34.8 Å². The van der Waals surface area contributed by atoms with Crippen molar-refractivity contribution in [1.82, 2.24) is 4.90 Å². The maximum absolute atomic E-state index is 13.9. The van der Waals surface area contributed by atoms with Crippen molar-refractivity contribution in [1.29, 1.82) is 0 Å². The molecule has 1 unspecified atom stereocenters. The minimum Gasteiger partial charge on any atom is -0.507 e. The Bertz CT molecular complexity index is 963. The van der Waals surface area contributed by atoms with Gasteiger partial charge in [-0.15, -0.1) is 11.3 Å². The molecule has 2 heterocycles. The molecule has 1 aliphatic heterocycles. The number of rotatable bonds is 4. The lowest BCUT2D eigenvalue weighted by Gasteiger charge is -2.34. The number of carbonyl (C=O) groups excluding carboxylic acids is 2. The first-order chi connectivity index (χ1) is 14.0. The number of benzene rings is 1. The zero-order valence-electron chi connectivity index (χ0n) is 16.1. The van der Waals surface area contributed by atoms with Gasteiger partial charge in [-0.25, -0.2) is 4.39 Å². The molecule has 2 aliphatic rings. The van der Waals surface area contributed by atoms with Gasteiger partial charge < -0.3 is 14.7 Å². The van der Waals surface area contributed by atoms with Crippen LogP contribution in [0.25, 0.3) is 5.76 Å². The van der Waals surface area contributed by atoms with Crippen molar-refractivity contribution in [3.63, 3.8) is 0 Å². The highest BCUT2D eigenvalue weighted by Gasteiger charge is 2.49. The standard InChI is InChI=1S/C22H22FNO4S/c1-28-16-10-9-13(23)12-15(16)20(25)18-19(17-8-5-11-29-17)24(22(27)21(18)26)14-6-3-2-4-7-14/h5,8-12,14,19,25H,2-4,6-7H2,1H3/b20-18-. The Morgan fingerprint density at radius 3 is 2.62 bits per heavy atom. The molecule has 4 rings (SSSR count). The average molecular weight is 415 g/mol. The molecule has 1 saturated heterocycles. The number of hydrogen-bond acceptors (Lipinski definition) is 5. The molecule has 1 atom stereocenters. The van der Waals surface area contributed by atoms with Gasteiger partial charge in [-0.1, -0.05) is 25.3 Å². The molecule has 1 aliphatic carbocycles. The van der Waals surface area contributed by atoms with Crippen molar-refractivity contribution in [2.45, 2.75) is 44.2 Å². The molecule has 1 N–H and O–H groups in total. The normalized spacial score (nSPS) is 22.3. The van der Waals surface area contributed by atoms with Gasteiger partial charge in [0.1, 0.15) is 17.3 Å². The van der Waals surface area contributed by atoms with Crippen LogP contribution >= 0.6 is 11.3 Å². The zero-order valence-corrected chi connectivity index (χ0v) is 16.9. The number of ketones is 1. The van der Waals surface area contributed by atoms with E-state index in [4.69, 9.17) is 4.74 Å². The van der Waals surface area contributed by atoms with Crippen molar-refractivity contribution in [2.24, 2.45) is 0 Å². The van der Waals surface area contributed by atoms with E-state index >= 15 is 0 Å². The van der Waals surface area contributed by atoms with E-state index in [0.717, 1.165) is 43.0 Å². The molecular formula is C22H22FNO4S. The quantitative estimate of drug-likeness (QED) is 0.448. The largest absolute Gasteiger partial charge is 0.507 e. The third-order valence-corrected chi connectivity index (χ3v) is 6.60. The molecule has 1 aromatic carbocycles. The molecule has 5 nitrogen and oxygen atoms in total. The number of ether oxygens (including phenoxy) is 1. The molecule has 0 spiro atoms. The Labute approximate surface area is 172 Å². The molecule has 0 bridgehead atoms. The van der Waals surface area contributed by atoms with Gasteiger partial charge in [0.2, 0.25) is 0 Å². The van der Waals surface area contributed by atoms with Gasteiger partial charge in [-0.2, -0.15) is 0 Å². The SMILES string of the molecule is COc1ccc(F)cc1/C(O)=C1/C(=O)C(=O)N(C2CCCCC2)C1c1cccs1. The summed E-state index contributed by atoms with van der Waals surface area (Å²) in [6.45, 7) is 0. The molecule has 2 aromatic rings. The first kappa shape index (κ1) is 19.6. The van der Waals surface area contributed by atoms with Crippen LogP contribution in [0, 0.1) is 5.82 Å². The molecule has 1 saturated carbocycles. The van der Waals surface area contributed by atoms with E-state index < -0.39 is 29.3 Å². The highest BCUT2D eigenvalue weighted by molar-refractivity contribution is 7.10. The van der Waals surface area contributed by atoms with Crippen LogP contribution in [0.4, 0.5) is 4.39 Å². The summed E-state index contributed by atoms with van der Waals surface area (Å²) in [4.78, 5) is 28.5. The maximum atomic E-state index is 13.9. The van der Waals surface area contributed by atoms with Gasteiger partial charge in [0, 0.05) is 10.9 Å². The second-order valence-corrected chi connectivity index (χ2v) is 8.34. The number of thiophene rings is 1. The monoisotopic (exact) mass is 415 g/mol. The maximum Gasteiger partial charge on any atom is 0.295 e. The van der Waals surface area contributed by atoms with Crippen molar-refractivity contribution in [3.8, 4) is 5.75 Å². The number of amides is 1. The Kier molecular flexibility index (Phi) is 5.41. The van der Waals surface area contributed by atoms with E-state index in [0.29, 0.717) is 0 Å². The number of Topliss-reactive ketones (excluding diaryl/α,β-unsaturated/α-hetero) is 1. The number of nitrogens with zero attached hydrogens (tertiary/aromatic N) is 1. The number of likely N-dealkylation sites (tertiary alicyclic amines) is 1. The van der Waals surface area contributed by atoms with Crippen molar-refractivity contribution >= 4 is 28.8 Å². The van der Waals surface area contributed by atoms with Gasteiger partial charge in [0.15, 0.2) is 0 Å². The summed E-state index contributed by atoms with van der Waals surface area (Å²) in [5.41, 5.74) is 0.0580. The molecule has 2 fully saturated rings. The summed E-state index contributed by atoms with van der Waals surface area (Å²) in [6, 6.07) is 6.71. The minimum atomic E-state index is -0.738. The molecule has 29 heavy (non-hydrogen) atoms. The summed E-state index contributed by atoms with van der Waals surface area (Å²) >= 11 is 1.42. The van der Waals surface area contributed by atoms with E-state index in [9.17, 15) is 19.1 Å². The van der Waals surface area contributed by atoms with E-state index in [1.807, 2.05) is 17.5 Å². The minimum absolute atomic E-state index is 0.00748. The topological polar surface area (TPSA) is 66.8 Å². The van der Waals surface area contributed by atoms with Gasteiger partial charge >= 0.3 is 0 Å². The number of aliphatic hydroxyl groups excluding tert-OH is 1. The van der Waals surface area contributed by atoms with E-state index in [2.05, 4.69) is 0 Å². The fourth-order valence-electron chi connectivity index (χ4n) is 4.32. The lowest BCUT2D eigenvalue weighted by Crippen LogP contribution is -2.40. The first-order valence-electron chi connectivity index (χ1n) is 9.70. The van der Waals surface area contributed by atoms with Gasteiger partial charge in [0.25, 0.3) is 11.7 Å². The van der Waals surface area contributed by atoms with E-state index in [1.54, 1.807) is 4.90 Å². The molecular weight excluding hydrogens is 393 g/mol. The van der Waals surface area contributed by atoms with Crippen molar-refractivity contribution in [3.05, 3.63) is 57.5 Å². The average Bonchev–Trinajstić information content (AvgIpc) is 3.35. The number of hydrogen-bond donors (Lipinski definition) is 1. The number of aliphatic hydroxyl groups is 1. The van der Waals surface area contributed by atoms with Crippen LogP contribution in [0.3, 0.4) is 0 Å². The smallest absolute Gasteiger partial charge is 0.295 e. The third kappa shape index (κ3) is 3.44. The lowest BCUT2D eigenvalue weighted by atomic mass is 9.92. The van der Waals surface area contributed by atoms with Crippen LogP contribution < -0.4 is 4.74 Å². The highest BCUT2D eigenvalue weighted by atomic mass is 32.1. The number of halogens is 1. The predicted octanol–water partition coefficient (Wildman–Crippen LogP) is 4.65. The highest BCUT2D eigenvalue weighted by Crippen LogP contribution is 2.45. The second-order valence-electron chi connectivity index (χ2n) is 7.36. The Hall–Kier alpha value is -2.67. The Morgan fingerprint density at radius 2 is 1.97 bits per heavy atom. The van der Waals surface area contributed by atoms with Gasteiger partial charge in [-0.05, 0) is 42.5 Å². The third-order valence-electron chi connectivity index (χ3n) is 5.68. The van der Waals surface area contributed by atoms with E-state index in [-0.39, 0.29) is 22.9 Å². The second kappa shape index (κ2) is 7.99. The Morgan fingerprint density at radius 1 is 1.21 bits per heavy atom. The van der Waals surface area contributed by atoms with Crippen LogP contribution in [0.2, 0.25) is 0 Å². The van der Waals surface area contributed by atoms with Crippen LogP contribution in [0.1, 0.15) is 48.6 Å². The van der Waals surface area contributed by atoms with Crippen molar-refractivity contribution < 1.29 is 23.8 Å². The molecule has 152 valence electrons. The van der Waals surface area contributed by atoms with Crippen LogP contribution in [-0.2, 0) is 9.59 Å². The summed E-state index contributed by atoms with van der Waals surface area (Å²) < 4.78 is 19.1. The molecule has 1 aromatic heterocycles. The first-order valence-corrected chi connectivity index (χ1v) is 10.6. The molecule has 7 heteroatoms. The van der Waals surface area contributed by atoms with Crippen LogP contribution in [0.15, 0.2) is 41.3 Å². The summed E-state index contributed by atoms with van der Waals surface area (Å²) in [5.74, 6) is -2.08. The predicted molar refractivity (Wildman–Crippen MR) is 108 cm³/mol. The fourth-order valence-corrected chi connectivity index (χ4v) is 5.15. The van der Waals surface area contributed by atoms with Crippen molar-refractivity contribution in [2.75, 3.05) is 7.11 Å². The van der Waals surface area contributed by atoms with Crippen LogP contribution in [0.5, 0.6) is 5.75 Å². The molecule has 0 radical (unpaired) electrons. The number of carbonyl (C=O) groups is 2. The summed E-state index contributed by atoms with van der Waals surface area (Å²) in [5, 5.41) is 12.9. The zero-order chi connectivity index (χ0) is 20.5. The van der Waals surface area contributed by atoms with Gasteiger partial charge in [-0.3, -0.25) is 9.59 Å². The van der Waals surface area contributed by atoms with Gasteiger partial charge in [0.05, 0.1) is 24.3 Å². The summed E-state index contributed by atoms with van der Waals surface area (Å²) in [6.07, 6.45) is 4.78. The molecule has 1 amide bonds. The van der Waals surface area contributed by atoms with E-state index in [1.165, 1.54) is 30.6 Å². The lowest BCUT2D eigenvalue weighted by molar-refractivity contribution is -0.141. The Balaban J connectivity index is 1.89.